The van der Waals surface area contributed by atoms with E-state index in [0.717, 1.165) is 17.4 Å². The van der Waals surface area contributed by atoms with Gasteiger partial charge in [-0.2, -0.15) is 0 Å². The first-order chi connectivity index (χ1) is 6.38. The van der Waals surface area contributed by atoms with E-state index < -0.39 is 14.8 Å². The maximum absolute atomic E-state index is 11.4. The van der Waals surface area contributed by atoms with Gasteiger partial charge >= 0.3 is 0 Å². The molecule has 1 rings (SSSR count). The molecule has 0 amide bonds. The van der Waals surface area contributed by atoms with Crippen LogP contribution in [0.15, 0.2) is 14.1 Å². The summed E-state index contributed by atoms with van der Waals surface area (Å²) in [7, 11) is -3.35. The van der Waals surface area contributed by atoms with Crippen molar-refractivity contribution < 1.29 is 13.3 Å². The van der Waals surface area contributed by atoms with Crippen molar-refractivity contribution in [2.24, 2.45) is 0 Å². The summed E-state index contributed by atoms with van der Waals surface area (Å²) in [4.78, 5) is 9.82. The lowest BCUT2D eigenvalue weighted by Crippen LogP contribution is -2.00. The van der Waals surface area contributed by atoms with Crippen molar-refractivity contribution in [3.8, 4) is 0 Å². The number of hydrogen-bond donors (Lipinski definition) is 0. The van der Waals surface area contributed by atoms with Crippen LogP contribution in [0.25, 0.3) is 0 Å². The second-order valence-corrected chi connectivity index (χ2v) is 7.26. The summed E-state index contributed by atoms with van der Waals surface area (Å²) in [6.45, 7) is 1.49. The second kappa shape index (κ2) is 3.95. The van der Waals surface area contributed by atoms with E-state index in [1.54, 1.807) is 0 Å². The molecule has 0 atom stereocenters. The molecule has 0 fully saturated rings. The molecule has 0 aromatic carbocycles. The Bertz CT molecular complexity index is 464. The number of thiophene rings is 1. The van der Waals surface area contributed by atoms with Crippen LogP contribution in [0.1, 0.15) is 6.92 Å². The van der Waals surface area contributed by atoms with Crippen molar-refractivity contribution in [2.75, 3.05) is 5.75 Å². The Kier molecular flexibility index (Phi) is 3.28. The Labute approximate surface area is 92.9 Å². The monoisotopic (exact) mass is 299 g/mol. The van der Waals surface area contributed by atoms with Crippen LogP contribution in [0, 0.1) is 10.1 Å². The lowest BCUT2D eigenvalue weighted by atomic mass is 10.6. The number of rotatable bonds is 3. The van der Waals surface area contributed by atoms with Crippen LogP contribution in [0.2, 0.25) is 0 Å². The zero-order valence-electron chi connectivity index (χ0n) is 7.06. The Morgan fingerprint density at radius 2 is 2.21 bits per heavy atom. The van der Waals surface area contributed by atoms with Gasteiger partial charge < -0.3 is 0 Å². The van der Waals surface area contributed by atoms with Crippen molar-refractivity contribution in [3.63, 3.8) is 0 Å². The molecule has 0 saturated heterocycles. The van der Waals surface area contributed by atoms with Crippen LogP contribution >= 0.6 is 27.3 Å². The van der Waals surface area contributed by atoms with Crippen LogP contribution in [0.4, 0.5) is 5.69 Å². The van der Waals surface area contributed by atoms with Crippen molar-refractivity contribution >= 4 is 42.8 Å². The van der Waals surface area contributed by atoms with Crippen LogP contribution in [-0.4, -0.2) is 19.1 Å². The van der Waals surface area contributed by atoms with Crippen LogP contribution in [-0.2, 0) is 9.84 Å². The molecule has 0 N–H and O–H groups in total. The van der Waals surface area contributed by atoms with Gasteiger partial charge in [-0.05, 0) is 15.9 Å². The third-order valence-corrected chi connectivity index (χ3v) is 5.63. The average Bonchev–Trinajstić information content (AvgIpc) is 2.48. The van der Waals surface area contributed by atoms with Crippen molar-refractivity contribution in [1.29, 1.82) is 0 Å². The fourth-order valence-electron chi connectivity index (χ4n) is 0.758. The molecule has 5 nitrogen and oxygen atoms in total. The van der Waals surface area contributed by atoms with Gasteiger partial charge in [-0.1, -0.05) is 6.92 Å². The van der Waals surface area contributed by atoms with E-state index in [1.807, 2.05) is 0 Å². The molecule has 0 aliphatic rings. The first-order valence-electron chi connectivity index (χ1n) is 3.55. The van der Waals surface area contributed by atoms with Crippen LogP contribution in [0.3, 0.4) is 0 Å². The topological polar surface area (TPSA) is 77.3 Å². The van der Waals surface area contributed by atoms with Gasteiger partial charge in [0.25, 0.3) is 5.69 Å². The van der Waals surface area contributed by atoms with Gasteiger partial charge in [0.2, 0.25) is 0 Å². The molecule has 78 valence electrons. The van der Waals surface area contributed by atoms with Gasteiger partial charge in [0.05, 0.1) is 10.7 Å². The van der Waals surface area contributed by atoms with Crippen molar-refractivity contribution in [2.45, 2.75) is 11.1 Å². The van der Waals surface area contributed by atoms with E-state index in [4.69, 9.17) is 0 Å². The van der Waals surface area contributed by atoms with Gasteiger partial charge in [-0.15, -0.1) is 11.3 Å². The lowest BCUT2D eigenvalue weighted by Gasteiger charge is -1.92. The summed E-state index contributed by atoms with van der Waals surface area (Å²) in [5.41, 5.74) is -0.206. The largest absolute Gasteiger partial charge is 0.295 e. The molecule has 1 heterocycles. The number of nitro groups is 1. The third-order valence-electron chi connectivity index (χ3n) is 1.53. The number of sulfone groups is 1. The molecule has 8 heteroatoms. The number of hydrogen-bond acceptors (Lipinski definition) is 5. The molecule has 1 aromatic heterocycles. The Balaban J connectivity index is 3.29. The summed E-state index contributed by atoms with van der Waals surface area (Å²) in [6, 6.07) is 1.08. The quantitative estimate of drug-likeness (QED) is 0.633. The summed E-state index contributed by atoms with van der Waals surface area (Å²) >= 11 is 3.81. The maximum atomic E-state index is 11.4. The minimum atomic E-state index is -3.35. The minimum Gasteiger partial charge on any atom is -0.258 e. The van der Waals surface area contributed by atoms with E-state index in [2.05, 4.69) is 15.9 Å². The molecular formula is C6H6BrNO4S2. The minimum absolute atomic E-state index is 0.0265. The zero-order chi connectivity index (χ0) is 10.9. The Morgan fingerprint density at radius 1 is 1.64 bits per heavy atom. The third kappa shape index (κ3) is 2.12. The molecule has 0 spiro atoms. The van der Waals surface area contributed by atoms with Gasteiger partial charge in [0.15, 0.2) is 9.84 Å². The summed E-state index contributed by atoms with van der Waals surface area (Å²) in [5, 5.41) is 10.4. The van der Waals surface area contributed by atoms with Gasteiger partial charge in [-0.3, -0.25) is 10.1 Å². The SMILES string of the molecule is CCS(=O)(=O)c1cc([N+](=O)[O-])c(Br)s1. The molecule has 14 heavy (non-hydrogen) atoms. The molecule has 0 aliphatic heterocycles. The van der Waals surface area contributed by atoms with Crippen molar-refractivity contribution in [3.05, 3.63) is 20.0 Å². The Morgan fingerprint density at radius 3 is 2.57 bits per heavy atom. The summed E-state index contributed by atoms with van der Waals surface area (Å²) < 4.78 is 23.0. The molecule has 0 saturated carbocycles. The van der Waals surface area contributed by atoms with E-state index in [1.165, 1.54) is 6.92 Å². The van der Waals surface area contributed by atoms with Crippen molar-refractivity contribution in [1.82, 2.24) is 0 Å². The standard InChI is InChI=1S/C6H6BrNO4S2/c1-2-14(11,12)5-3-4(8(9)10)6(7)13-5/h3H,2H2,1H3. The van der Waals surface area contributed by atoms with Crippen LogP contribution in [0.5, 0.6) is 0 Å². The fraction of sp³-hybridized carbons (Fsp3) is 0.333. The molecule has 0 unspecified atom stereocenters. The predicted molar refractivity (Wildman–Crippen MR) is 56.4 cm³/mol. The lowest BCUT2D eigenvalue weighted by molar-refractivity contribution is -0.385. The molecule has 1 aromatic rings. The molecule has 0 bridgehead atoms. The van der Waals surface area contributed by atoms with Crippen LogP contribution < -0.4 is 0 Å². The smallest absolute Gasteiger partial charge is 0.258 e. The van der Waals surface area contributed by atoms with Gasteiger partial charge in [-0.25, -0.2) is 8.42 Å². The van der Waals surface area contributed by atoms with E-state index in [-0.39, 0.29) is 19.4 Å². The zero-order valence-corrected chi connectivity index (χ0v) is 10.3. The average molecular weight is 300 g/mol. The Hall–Kier alpha value is -0.470. The highest BCUT2D eigenvalue weighted by Crippen LogP contribution is 2.36. The van der Waals surface area contributed by atoms with E-state index in [9.17, 15) is 18.5 Å². The number of halogens is 1. The highest BCUT2D eigenvalue weighted by molar-refractivity contribution is 9.11. The summed E-state index contributed by atoms with van der Waals surface area (Å²) in [5.74, 6) is -0.0584. The molecule has 0 aliphatic carbocycles. The fourth-order valence-corrected chi connectivity index (χ4v) is 4.13. The summed E-state index contributed by atoms with van der Waals surface area (Å²) in [6.07, 6.45) is 0. The van der Waals surface area contributed by atoms with Gasteiger partial charge in [0, 0.05) is 6.07 Å². The normalized spacial score (nSPS) is 11.6. The van der Waals surface area contributed by atoms with E-state index in [0.29, 0.717) is 0 Å². The van der Waals surface area contributed by atoms with Gasteiger partial charge in [0.1, 0.15) is 8.00 Å². The molecular weight excluding hydrogens is 294 g/mol. The second-order valence-electron chi connectivity index (χ2n) is 2.38. The highest BCUT2D eigenvalue weighted by atomic mass is 79.9. The first-order valence-corrected chi connectivity index (χ1v) is 6.81. The van der Waals surface area contributed by atoms with E-state index >= 15 is 0 Å². The first kappa shape index (κ1) is 11.6. The predicted octanol–water partition coefficient (Wildman–Crippen LogP) is 2.21. The number of nitrogens with zero attached hydrogens (tertiary/aromatic N) is 1. The molecule has 0 radical (unpaired) electrons. The maximum Gasteiger partial charge on any atom is 0.295 e. The highest BCUT2D eigenvalue weighted by Gasteiger charge is 2.23.